The molecular formula is C8H7BrF3N. The van der Waals surface area contributed by atoms with Gasteiger partial charge >= 0.3 is 6.18 Å². The SMILES string of the molecule is Cc1c(N)ccc(Br)c1C(F)(F)F. The molecule has 1 aromatic rings. The standard InChI is InChI=1S/C8H7BrF3N/c1-4-6(13)3-2-5(9)7(4)8(10,11)12/h2-3H,13H2,1H3. The first kappa shape index (κ1) is 10.4. The van der Waals surface area contributed by atoms with Crippen molar-refractivity contribution in [2.24, 2.45) is 0 Å². The zero-order valence-corrected chi connectivity index (χ0v) is 8.33. The monoisotopic (exact) mass is 253 g/mol. The van der Waals surface area contributed by atoms with Gasteiger partial charge in [-0.2, -0.15) is 13.2 Å². The van der Waals surface area contributed by atoms with Crippen LogP contribution in [0.3, 0.4) is 0 Å². The van der Waals surface area contributed by atoms with E-state index in [0.29, 0.717) is 0 Å². The van der Waals surface area contributed by atoms with Gasteiger partial charge < -0.3 is 5.73 Å². The van der Waals surface area contributed by atoms with E-state index < -0.39 is 11.7 Å². The summed E-state index contributed by atoms with van der Waals surface area (Å²) >= 11 is 2.84. The molecule has 0 unspecified atom stereocenters. The third kappa shape index (κ3) is 1.96. The predicted octanol–water partition coefficient (Wildman–Crippen LogP) is 3.36. The number of hydrogen-bond acceptors (Lipinski definition) is 1. The highest BCUT2D eigenvalue weighted by atomic mass is 79.9. The molecule has 0 aliphatic heterocycles. The maximum atomic E-state index is 12.4. The van der Waals surface area contributed by atoms with Gasteiger partial charge in [-0.25, -0.2) is 0 Å². The van der Waals surface area contributed by atoms with Crippen LogP contribution in [0.1, 0.15) is 11.1 Å². The van der Waals surface area contributed by atoms with Crippen LogP contribution < -0.4 is 5.73 Å². The lowest BCUT2D eigenvalue weighted by atomic mass is 10.1. The molecule has 0 atom stereocenters. The number of benzene rings is 1. The van der Waals surface area contributed by atoms with Crippen LogP contribution in [-0.2, 0) is 6.18 Å². The summed E-state index contributed by atoms with van der Waals surface area (Å²) in [7, 11) is 0. The lowest BCUT2D eigenvalue weighted by Gasteiger charge is -2.13. The van der Waals surface area contributed by atoms with Crippen molar-refractivity contribution in [1.82, 2.24) is 0 Å². The van der Waals surface area contributed by atoms with Crippen molar-refractivity contribution in [3.8, 4) is 0 Å². The van der Waals surface area contributed by atoms with Crippen LogP contribution in [0.15, 0.2) is 16.6 Å². The van der Waals surface area contributed by atoms with E-state index in [1.54, 1.807) is 0 Å². The highest BCUT2D eigenvalue weighted by Crippen LogP contribution is 2.38. The molecule has 1 nitrogen and oxygen atoms in total. The molecule has 0 saturated heterocycles. The molecule has 1 rings (SSSR count). The average molecular weight is 254 g/mol. The van der Waals surface area contributed by atoms with Crippen LogP contribution >= 0.6 is 15.9 Å². The van der Waals surface area contributed by atoms with Crippen molar-refractivity contribution in [3.63, 3.8) is 0 Å². The molecule has 0 aliphatic carbocycles. The van der Waals surface area contributed by atoms with Gasteiger partial charge in [0.15, 0.2) is 0 Å². The number of alkyl halides is 3. The van der Waals surface area contributed by atoms with Crippen molar-refractivity contribution in [2.45, 2.75) is 13.1 Å². The Kier molecular flexibility index (Phi) is 2.56. The number of anilines is 1. The van der Waals surface area contributed by atoms with E-state index in [4.69, 9.17) is 5.73 Å². The van der Waals surface area contributed by atoms with Gasteiger partial charge in [-0.05, 0) is 24.6 Å². The van der Waals surface area contributed by atoms with Gasteiger partial charge in [-0.1, -0.05) is 15.9 Å². The smallest absolute Gasteiger partial charge is 0.399 e. The average Bonchev–Trinajstić information content (AvgIpc) is 1.95. The van der Waals surface area contributed by atoms with Crippen molar-refractivity contribution >= 4 is 21.6 Å². The second kappa shape index (κ2) is 3.21. The quantitative estimate of drug-likeness (QED) is 0.706. The van der Waals surface area contributed by atoms with Gasteiger partial charge in [0.05, 0.1) is 5.56 Å². The van der Waals surface area contributed by atoms with E-state index in [-0.39, 0.29) is 15.7 Å². The number of nitrogen functional groups attached to an aromatic ring is 1. The third-order valence-electron chi connectivity index (χ3n) is 1.74. The third-order valence-corrected chi connectivity index (χ3v) is 2.40. The van der Waals surface area contributed by atoms with Crippen molar-refractivity contribution in [1.29, 1.82) is 0 Å². The highest BCUT2D eigenvalue weighted by Gasteiger charge is 2.35. The van der Waals surface area contributed by atoms with Crippen LogP contribution in [0.25, 0.3) is 0 Å². The largest absolute Gasteiger partial charge is 0.417 e. The van der Waals surface area contributed by atoms with Gasteiger partial charge in [0.1, 0.15) is 0 Å². The summed E-state index contributed by atoms with van der Waals surface area (Å²) in [6.45, 7) is 1.35. The van der Waals surface area contributed by atoms with Crippen LogP contribution in [0.4, 0.5) is 18.9 Å². The zero-order valence-electron chi connectivity index (χ0n) is 6.74. The lowest BCUT2D eigenvalue weighted by Crippen LogP contribution is -2.10. The number of halogens is 4. The Morgan fingerprint density at radius 3 is 2.23 bits per heavy atom. The van der Waals surface area contributed by atoms with Crippen molar-refractivity contribution < 1.29 is 13.2 Å². The molecule has 0 saturated carbocycles. The molecule has 0 aromatic heterocycles. The molecular weight excluding hydrogens is 247 g/mol. The predicted molar refractivity (Wildman–Crippen MR) is 48.3 cm³/mol. The van der Waals surface area contributed by atoms with Gasteiger partial charge in [0, 0.05) is 10.2 Å². The van der Waals surface area contributed by atoms with Crippen LogP contribution in [-0.4, -0.2) is 0 Å². The summed E-state index contributed by atoms with van der Waals surface area (Å²) < 4.78 is 37.2. The molecule has 0 amide bonds. The maximum absolute atomic E-state index is 12.4. The Morgan fingerprint density at radius 2 is 1.85 bits per heavy atom. The number of rotatable bonds is 0. The van der Waals surface area contributed by atoms with E-state index in [1.807, 2.05) is 0 Å². The van der Waals surface area contributed by atoms with Crippen LogP contribution in [0.5, 0.6) is 0 Å². The normalized spacial score (nSPS) is 11.8. The van der Waals surface area contributed by atoms with Crippen LogP contribution in [0, 0.1) is 6.92 Å². The summed E-state index contributed by atoms with van der Waals surface area (Å²) in [5.41, 5.74) is 4.87. The van der Waals surface area contributed by atoms with Crippen molar-refractivity contribution in [3.05, 3.63) is 27.7 Å². The summed E-state index contributed by atoms with van der Waals surface area (Å²) in [4.78, 5) is 0. The molecule has 72 valence electrons. The summed E-state index contributed by atoms with van der Waals surface area (Å²) in [5, 5.41) is 0. The molecule has 0 heterocycles. The lowest BCUT2D eigenvalue weighted by molar-refractivity contribution is -0.138. The molecule has 5 heteroatoms. The maximum Gasteiger partial charge on any atom is 0.417 e. The molecule has 0 bridgehead atoms. The van der Waals surface area contributed by atoms with E-state index in [9.17, 15) is 13.2 Å². The highest BCUT2D eigenvalue weighted by molar-refractivity contribution is 9.10. The minimum absolute atomic E-state index is 0.0201. The zero-order chi connectivity index (χ0) is 10.2. The van der Waals surface area contributed by atoms with E-state index in [1.165, 1.54) is 19.1 Å². The molecule has 2 N–H and O–H groups in total. The summed E-state index contributed by atoms with van der Waals surface area (Å²) in [6.07, 6.45) is -4.36. The first-order chi connectivity index (χ1) is 5.84. The van der Waals surface area contributed by atoms with E-state index in [2.05, 4.69) is 15.9 Å². The molecule has 0 fully saturated rings. The van der Waals surface area contributed by atoms with Gasteiger partial charge in [-0.3, -0.25) is 0 Å². The summed E-state index contributed by atoms with van der Waals surface area (Å²) in [5.74, 6) is 0. The van der Waals surface area contributed by atoms with Gasteiger partial charge in [0.25, 0.3) is 0 Å². The van der Waals surface area contributed by atoms with E-state index in [0.717, 1.165) is 0 Å². The second-order valence-corrected chi connectivity index (χ2v) is 3.49. The summed E-state index contributed by atoms with van der Waals surface area (Å²) in [6, 6.07) is 2.74. The first-order valence-corrected chi connectivity index (χ1v) is 4.25. The van der Waals surface area contributed by atoms with Crippen LogP contribution in [0.2, 0.25) is 0 Å². The molecule has 0 spiro atoms. The van der Waals surface area contributed by atoms with E-state index >= 15 is 0 Å². The number of nitrogens with two attached hydrogens (primary N) is 1. The molecule has 1 aromatic carbocycles. The Hall–Kier alpha value is -0.710. The Balaban J connectivity index is 3.43. The minimum atomic E-state index is -4.36. The molecule has 0 radical (unpaired) electrons. The Labute approximate surface area is 81.9 Å². The first-order valence-electron chi connectivity index (χ1n) is 3.46. The minimum Gasteiger partial charge on any atom is -0.399 e. The molecule has 13 heavy (non-hydrogen) atoms. The number of hydrogen-bond donors (Lipinski definition) is 1. The topological polar surface area (TPSA) is 26.0 Å². The Morgan fingerprint density at radius 1 is 1.31 bits per heavy atom. The van der Waals surface area contributed by atoms with Gasteiger partial charge in [-0.15, -0.1) is 0 Å². The van der Waals surface area contributed by atoms with Crippen molar-refractivity contribution in [2.75, 3.05) is 5.73 Å². The Bertz CT molecular complexity index is 333. The second-order valence-electron chi connectivity index (χ2n) is 2.63. The fourth-order valence-electron chi connectivity index (χ4n) is 1.04. The molecule has 0 aliphatic rings. The van der Waals surface area contributed by atoms with Gasteiger partial charge in [0.2, 0.25) is 0 Å². The fourth-order valence-corrected chi connectivity index (χ4v) is 1.70. The fraction of sp³-hybridized carbons (Fsp3) is 0.250.